The van der Waals surface area contributed by atoms with Crippen LogP contribution in [-0.2, 0) is 11.3 Å². The summed E-state index contributed by atoms with van der Waals surface area (Å²) in [5.41, 5.74) is 6.26. The Hall–Kier alpha value is -1.59. The van der Waals surface area contributed by atoms with Gasteiger partial charge in [0.1, 0.15) is 5.75 Å². The van der Waals surface area contributed by atoms with Crippen molar-refractivity contribution in [2.75, 3.05) is 26.7 Å². The van der Waals surface area contributed by atoms with E-state index in [1.807, 2.05) is 24.3 Å². The molecule has 1 saturated heterocycles. The Labute approximate surface area is 126 Å². The number of piperidine rings is 1. The van der Waals surface area contributed by atoms with Crippen LogP contribution in [0.25, 0.3) is 0 Å². The van der Waals surface area contributed by atoms with Gasteiger partial charge in [-0.2, -0.15) is 0 Å². The van der Waals surface area contributed by atoms with E-state index in [0.717, 1.165) is 19.6 Å². The largest absolute Gasteiger partial charge is 0.484 e. The quantitative estimate of drug-likeness (QED) is 0.820. The Bertz CT molecular complexity index is 461. The average Bonchev–Trinajstić information content (AvgIpc) is 2.45. The maximum atomic E-state index is 10.7. The van der Waals surface area contributed by atoms with Crippen molar-refractivity contribution in [2.45, 2.75) is 25.9 Å². The summed E-state index contributed by atoms with van der Waals surface area (Å²) in [6.07, 6.45) is 1.19. The molecule has 0 aromatic heterocycles. The van der Waals surface area contributed by atoms with Crippen LogP contribution in [0.4, 0.5) is 0 Å². The molecule has 2 rings (SSSR count). The van der Waals surface area contributed by atoms with Gasteiger partial charge in [0.25, 0.3) is 5.91 Å². The van der Waals surface area contributed by atoms with Gasteiger partial charge >= 0.3 is 0 Å². The second kappa shape index (κ2) is 7.43. The van der Waals surface area contributed by atoms with Crippen LogP contribution in [0.5, 0.6) is 5.75 Å². The molecule has 2 unspecified atom stereocenters. The van der Waals surface area contributed by atoms with Crippen molar-refractivity contribution in [3.05, 3.63) is 29.8 Å². The molecule has 1 heterocycles. The molecular formula is C16H25N3O2. The number of likely N-dealkylation sites (tertiary alicyclic amines) is 1. The maximum absolute atomic E-state index is 10.7. The van der Waals surface area contributed by atoms with E-state index in [0.29, 0.717) is 17.7 Å². The number of carbonyl (C=O) groups excluding carboxylic acids is 1. The van der Waals surface area contributed by atoms with Gasteiger partial charge in [-0.1, -0.05) is 19.1 Å². The number of hydrogen-bond donors (Lipinski definition) is 2. The van der Waals surface area contributed by atoms with Gasteiger partial charge in [-0.05, 0) is 43.6 Å². The van der Waals surface area contributed by atoms with Crippen molar-refractivity contribution < 1.29 is 9.53 Å². The third kappa shape index (κ3) is 5.02. The highest BCUT2D eigenvalue weighted by atomic mass is 16.5. The van der Waals surface area contributed by atoms with Gasteiger partial charge in [0.15, 0.2) is 6.61 Å². The van der Waals surface area contributed by atoms with Crippen molar-refractivity contribution in [3.8, 4) is 5.75 Å². The number of nitrogens with zero attached hydrogens (tertiary/aromatic N) is 1. The lowest BCUT2D eigenvalue weighted by Crippen LogP contribution is -2.46. The zero-order valence-electron chi connectivity index (χ0n) is 12.8. The van der Waals surface area contributed by atoms with E-state index >= 15 is 0 Å². The van der Waals surface area contributed by atoms with Gasteiger partial charge in [-0.3, -0.25) is 4.79 Å². The molecule has 1 aliphatic heterocycles. The first kappa shape index (κ1) is 15.8. The number of amides is 1. The minimum absolute atomic E-state index is 0.0787. The van der Waals surface area contributed by atoms with Crippen LogP contribution in [0.3, 0.4) is 0 Å². The molecule has 0 radical (unpaired) electrons. The van der Waals surface area contributed by atoms with Crippen LogP contribution in [0, 0.1) is 5.92 Å². The summed E-state index contributed by atoms with van der Waals surface area (Å²) >= 11 is 0. The van der Waals surface area contributed by atoms with Crippen molar-refractivity contribution in [3.63, 3.8) is 0 Å². The van der Waals surface area contributed by atoms with E-state index < -0.39 is 5.91 Å². The Kier molecular flexibility index (Phi) is 5.59. The number of carbonyl (C=O) groups is 1. The monoisotopic (exact) mass is 291 g/mol. The number of benzene rings is 1. The molecule has 0 bridgehead atoms. The number of nitrogens with one attached hydrogen (secondary N) is 1. The SMILES string of the molecule is CC1CN(C)CCC1NCc1ccc(OCC(N)=O)cc1. The summed E-state index contributed by atoms with van der Waals surface area (Å²) in [5, 5.41) is 3.64. The van der Waals surface area contributed by atoms with Gasteiger partial charge in [-0.15, -0.1) is 0 Å². The Morgan fingerprint density at radius 3 is 2.76 bits per heavy atom. The maximum Gasteiger partial charge on any atom is 0.255 e. The van der Waals surface area contributed by atoms with Gasteiger partial charge in [0.05, 0.1) is 0 Å². The highest BCUT2D eigenvalue weighted by Crippen LogP contribution is 2.17. The van der Waals surface area contributed by atoms with Crippen LogP contribution >= 0.6 is 0 Å². The fourth-order valence-corrected chi connectivity index (χ4v) is 2.76. The number of primary amides is 1. The van der Waals surface area contributed by atoms with Gasteiger partial charge < -0.3 is 20.7 Å². The smallest absolute Gasteiger partial charge is 0.255 e. The first-order valence-corrected chi connectivity index (χ1v) is 7.46. The summed E-state index contributed by atoms with van der Waals surface area (Å²) < 4.78 is 5.25. The summed E-state index contributed by atoms with van der Waals surface area (Å²) in [5.74, 6) is 0.879. The fourth-order valence-electron chi connectivity index (χ4n) is 2.76. The number of ether oxygens (including phenoxy) is 1. The van der Waals surface area contributed by atoms with Crippen molar-refractivity contribution in [1.82, 2.24) is 10.2 Å². The normalized spacial score (nSPS) is 23.0. The molecule has 116 valence electrons. The lowest BCUT2D eigenvalue weighted by molar-refractivity contribution is -0.119. The lowest BCUT2D eigenvalue weighted by atomic mass is 9.94. The third-order valence-corrected chi connectivity index (χ3v) is 3.98. The highest BCUT2D eigenvalue weighted by Gasteiger charge is 2.23. The van der Waals surface area contributed by atoms with Crippen LogP contribution in [-0.4, -0.2) is 43.6 Å². The first-order chi connectivity index (χ1) is 10.0. The molecule has 0 aliphatic carbocycles. The number of rotatable bonds is 6. The minimum Gasteiger partial charge on any atom is -0.484 e. The van der Waals surface area contributed by atoms with Crippen LogP contribution in [0.15, 0.2) is 24.3 Å². The first-order valence-electron chi connectivity index (χ1n) is 7.46. The number of nitrogens with two attached hydrogens (primary N) is 1. The van der Waals surface area contributed by atoms with Crippen molar-refractivity contribution in [2.24, 2.45) is 11.7 Å². The van der Waals surface area contributed by atoms with Gasteiger partial charge in [0.2, 0.25) is 0 Å². The number of hydrogen-bond acceptors (Lipinski definition) is 4. The zero-order chi connectivity index (χ0) is 15.2. The van der Waals surface area contributed by atoms with Crippen LogP contribution < -0.4 is 15.8 Å². The van der Waals surface area contributed by atoms with E-state index in [1.165, 1.54) is 12.0 Å². The molecule has 1 amide bonds. The van der Waals surface area contributed by atoms with E-state index in [2.05, 4.69) is 24.2 Å². The van der Waals surface area contributed by atoms with Gasteiger partial charge in [-0.25, -0.2) is 0 Å². The molecule has 1 aromatic rings. The fraction of sp³-hybridized carbons (Fsp3) is 0.562. The van der Waals surface area contributed by atoms with E-state index in [9.17, 15) is 4.79 Å². The second-order valence-corrected chi connectivity index (χ2v) is 5.91. The highest BCUT2D eigenvalue weighted by molar-refractivity contribution is 5.75. The molecule has 0 saturated carbocycles. The van der Waals surface area contributed by atoms with E-state index in [4.69, 9.17) is 10.5 Å². The lowest BCUT2D eigenvalue weighted by Gasteiger charge is -2.35. The molecule has 1 fully saturated rings. The molecular weight excluding hydrogens is 266 g/mol. The zero-order valence-corrected chi connectivity index (χ0v) is 12.8. The summed E-state index contributed by atoms with van der Waals surface area (Å²) in [6, 6.07) is 8.36. The Morgan fingerprint density at radius 2 is 2.14 bits per heavy atom. The van der Waals surface area contributed by atoms with E-state index in [1.54, 1.807) is 0 Å². The molecule has 2 atom stereocenters. The molecule has 5 heteroatoms. The molecule has 0 spiro atoms. The minimum atomic E-state index is -0.461. The summed E-state index contributed by atoms with van der Waals surface area (Å²) in [7, 11) is 2.18. The molecule has 1 aliphatic rings. The summed E-state index contributed by atoms with van der Waals surface area (Å²) in [4.78, 5) is 13.0. The predicted octanol–water partition coefficient (Wildman–Crippen LogP) is 0.981. The topological polar surface area (TPSA) is 67.6 Å². The predicted molar refractivity (Wildman–Crippen MR) is 83.0 cm³/mol. The Balaban J connectivity index is 1.79. The summed E-state index contributed by atoms with van der Waals surface area (Å²) in [6.45, 7) is 5.38. The third-order valence-electron chi connectivity index (χ3n) is 3.98. The molecule has 21 heavy (non-hydrogen) atoms. The van der Waals surface area contributed by atoms with Crippen molar-refractivity contribution >= 4 is 5.91 Å². The Morgan fingerprint density at radius 1 is 1.43 bits per heavy atom. The molecule has 5 nitrogen and oxygen atoms in total. The standard InChI is InChI=1S/C16H25N3O2/c1-12-10-19(2)8-7-15(12)18-9-13-3-5-14(6-4-13)21-11-16(17)20/h3-6,12,15,18H,7-11H2,1-2H3,(H2,17,20). The van der Waals surface area contributed by atoms with Gasteiger partial charge in [0, 0.05) is 19.1 Å². The van der Waals surface area contributed by atoms with Crippen LogP contribution in [0.1, 0.15) is 18.9 Å². The van der Waals surface area contributed by atoms with Crippen molar-refractivity contribution in [1.29, 1.82) is 0 Å². The average molecular weight is 291 g/mol. The van der Waals surface area contributed by atoms with E-state index in [-0.39, 0.29) is 6.61 Å². The molecule has 1 aromatic carbocycles. The second-order valence-electron chi connectivity index (χ2n) is 5.91. The van der Waals surface area contributed by atoms with Crippen LogP contribution in [0.2, 0.25) is 0 Å². The molecule has 3 N–H and O–H groups in total.